The summed E-state index contributed by atoms with van der Waals surface area (Å²) in [5.41, 5.74) is 10.5. The number of nitrogens with two attached hydrogens (primary N) is 1. The maximum absolute atomic E-state index is 12.3. The van der Waals surface area contributed by atoms with Gasteiger partial charge in [0, 0.05) is 29.8 Å². The molecule has 3 N–H and O–H groups in total. The summed E-state index contributed by atoms with van der Waals surface area (Å²) in [5.74, 6) is 2.08. The lowest BCUT2D eigenvalue weighted by Gasteiger charge is -2.27. The first-order valence-corrected chi connectivity index (χ1v) is 12.1. The van der Waals surface area contributed by atoms with E-state index >= 15 is 0 Å². The predicted octanol–water partition coefficient (Wildman–Crippen LogP) is 6.07. The zero-order valence-corrected chi connectivity index (χ0v) is 20.9. The Labute approximate surface area is 199 Å². The molecule has 5 heteroatoms. The molecule has 1 amide bonds. The number of nitrogens with one attached hydrogen (secondary N) is 1. The standard InChI is InChI=1S/C17H25NO2.C11H15NO/c1-4-13-6-8-14(9-7-13)17(19)18-15-10-5-12(2)16(11-15)20-3;1-3-10-9(7-12)5-4-6-11(10)8(2)13/h5,10-11,13-14H,4,6-9H2,1-3H3,(H,18,19);4-6H,3,7,12H2,1-2H3. The molecule has 180 valence electrons. The SMILES string of the molecule is CCC1CCC(C(=O)Nc2ccc(C)c(OC)c2)CC1.CCc1c(CN)cccc1C(C)=O. The van der Waals surface area contributed by atoms with Crippen molar-refractivity contribution in [2.75, 3.05) is 12.4 Å². The minimum Gasteiger partial charge on any atom is -0.496 e. The van der Waals surface area contributed by atoms with Crippen LogP contribution in [0, 0.1) is 18.8 Å². The molecule has 1 fully saturated rings. The highest BCUT2D eigenvalue weighted by atomic mass is 16.5. The second-order valence-corrected chi connectivity index (χ2v) is 8.86. The van der Waals surface area contributed by atoms with Crippen molar-refractivity contribution in [1.29, 1.82) is 0 Å². The smallest absolute Gasteiger partial charge is 0.227 e. The van der Waals surface area contributed by atoms with Crippen LogP contribution in [0.2, 0.25) is 0 Å². The van der Waals surface area contributed by atoms with Crippen molar-refractivity contribution in [3.63, 3.8) is 0 Å². The van der Waals surface area contributed by atoms with Crippen molar-refractivity contribution >= 4 is 17.4 Å². The normalized spacial score (nSPS) is 17.5. The van der Waals surface area contributed by atoms with E-state index in [1.54, 1.807) is 14.0 Å². The molecule has 3 rings (SSSR count). The summed E-state index contributed by atoms with van der Waals surface area (Å²) in [6, 6.07) is 11.5. The molecule has 0 aliphatic heterocycles. The third-order valence-electron chi connectivity index (χ3n) is 6.70. The quantitative estimate of drug-likeness (QED) is 0.500. The van der Waals surface area contributed by atoms with Gasteiger partial charge in [0.05, 0.1) is 7.11 Å². The highest BCUT2D eigenvalue weighted by Crippen LogP contribution is 2.31. The Morgan fingerprint density at radius 2 is 1.79 bits per heavy atom. The highest BCUT2D eigenvalue weighted by molar-refractivity contribution is 5.96. The first-order chi connectivity index (χ1) is 15.8. The predicted molar refractivity (Wildman–Crippen MR) is 136 cm³/mol. The van der Waals surface area contributed by atoms with Gasteiger partial charge in [-0.15, -0.1) is 0 Å². The lowest BCUT2D eigenvalue weighted by atomic mass is 9.80. The van der Waals surface area contributed by atoms with E-state index in [1.807, 2.05) is 50.2 Å². The van der Waals surface area contributed by atoms with Gasteiger partial charge in [-0.25, -0.2) is 0 Å². The van der Waals surface area contributed by atoms with Gasteiger partial charge in [0.1, 0.15) is 5.75 Å². The summed E-state index contributed by atoms with van der Waals surface area (Å²) in [6.45, 7) is 8.38. The van der Waals surface area contributed by atoms with Crippen molar-refractivity contribution in [3.05, 3.63) is 58.7 Å². The van der Waals surface area contributed by atoms with Gasteiger partial charge in [-0.3, -0.25) is 9.59 Å². The molecule has 1 aliphatic rings. The maximum Gasteiger partial charge on any atom is 0.227 e. The number of Topliss-reactive ketones (excluding diaryl/α,β-unsaturated/α-hetero) is 1. The van der Waals surface area contributed by atoms with Crippen molar-refractivity contribution in [2.45, 2.75) is 72.8 Å². The van der Waals surface area contributed by atoms with Crippen LogP contribution in [0.5, 0.6) is 5.75 Å². The van der Waals surface area contributed by atoms with Crippen LogP contribution >= 0.6 is 0 Å². The van der Waals surface area contributed by atoms with E-state index in [0.717, 1.165) is 58.9 Å². The lowest BCUT2D eigenvalue weighted by molar-refractivity contribution is -0.121. The average Bonchev–Trinajstić information content (AvgIpc) is 2.84. The fourth-order valence-corrected chi connectivity index (χ4v) is 4.55. The fourth-order valence-electron chi connectivity index (χ4n) is 4.55. The van der Waals surface area contributed by atoms with Gasteiger partial charge in [-0.1, -0.05) is 44.5 Å². The summed E-state index contributed by atoms with van der Waals surface area (Å²) >= 11 is 0. The first-order valence-electron chi connectivity index (χ1n) is 12.1. The third kappa shape index (κ3) is 7.43. The molecule has 33 heavy (non-hydrogen) atoms. The molecule has 1 saturated carbocycles. The van der Waals surface area contributed by atoms with Gasteiger partial charge in [0.15, 0.2) is 5.78 Å². The van der Waals surface area contributed by atoms with Crippen molar-refractivity contribution in [2.24, 2.45) is 17.6 Å². The van der Waals surface area contributed by atoms with Crippen LogP contribution in [0.15, 0.2) is 36.4 Å². The molecular formula is C28H40N2O3. The summed E-state index contributed by atoms with van der Waals surface area (Å²) in [7, 11) is 1.65. The largest absolute Gasteiger partial charge is 0.496 e. The molecule has 0 aromatic heterocycles. The zero-order chi connectivity index (χ0) is 24.4. The van der Waals surface area contributed by atoms with Gasteiger partial charge in [-0.05, 0) is 74.6 Å². The topological polar surface area (TPSA) is 81.4 Å². The number of carbonyl (C=O) groups excluding carboxylic acids is 2. The number of benzene rings is 2. The second kappa shape index (κ2) is 13.1. The summed E-state index contributed by atoms with van der Waals surface area (Å²) in [6.07, 6.45) is 6.52. The maximum atomic E-state index is 12.3. The van der Waals surface area contributed by atoms with E-state index in [2.05, 4.69) is 12.2 Å². The summed E-state index contributed by atoms with van der Waals surface area (Å²) in [5, 5.41) is 3.03. The van der Waals surface area contributed by atoms with E-state index in [9.17, 15) is 9.59 Å². The number of carbonyl (C=O) groups is 2. The molecule has 0 heterocycles. The van der Waals surface area contributed by atoms with Gasteiger partial charge < -0.3 is 15.8 Å². The van der Waals surface area contributed by atoms with Gasteiger partial charge in [0.2, 0.25) is 5.91 Å². The number of aryl methyl sites for hydroxylation is 1. The van der Waals surface area contributed by atoms with Crippen LogP contribution in [0.3, 0.4) is 0 Å². The molecule has 2 aromatic rings. The van der Waals surface area contributed by atoms with Crippen LogP contribution in [0.25, 0.3) is 0 Å². The monoisotopic (exact) mass is 452 g/mol. The number of rotatable bonds is 7. The highest BCUT2D eigenvalue weighted by Gasteiger charge is 2.25. The van der Waals surface area contributed by atoms with Gasteiger partial charge in [0.25, 0.3) is 0 Å². The zero-order valence-electron chi connectivity index (χ0n) is 20.9. The number of hydrogen-bond donors (Lipinski definition) is 2. The van der Waals surface area contributed by atoms with Gasteiger partial charge in [-0.2, -0.15) is 0 Å². The van der Waals surface area contributed by atoms with Crippen LogP contribution in [0.1, 0.15) is 79.9 Å². The molecule has 0 radical (unpaired) electrons. The molecule has 5 nitrogen and oxygen atoms in total. The van der Waals surface area contributed by atoms with Crippen LogP contribution in [0.4, 0.5) is 5.69 Å². The molecule has 2 aromatic carbocycles. The number of ether oxygens (including phenoxy) is 1. The molecular weight excluding hydrogens is 412 g/mol. The van der Waals surface area contributed by atoms with E-state index in [4.69, 9.17) is 10.5 Å². The lowest BCUT2D eigenvalue weighted by Crippen LogP contribution is -2.27. The van der Waals surface area contributed by atoms with E-state index in [1.165, 1.54) is 19.3 Å². The minimum absolute atomic E-state index is 0.118. The minimum atomic E-state index is 0.118. The van der Waals surface area contributed by atoms with Crippen LogP contribution in [-0.4, -0.2) is 18.8 Å². The second-order valence-electron chi connectivity index (χ2n) is 8.86. The summed E-state index contributed by atoms with van der Waals surface area (Å²) < 4.78 is 5.29. The van der Waals surface area contributed by atoms with Crippen molar-refractivity contribution in [1.82, 2.24) is 0 Å². The number of ketones is 1. The molecule has 0 bridgehead atoms. The Morgan fingerprint density at radius 1 is 1.09 bits per heavy atom. The Balaban J connectivity index is 0.000000257. The van der Waals surface area contributed by atoms with Gasteiger partial charge >= 0.3 is 0 Å². The fraction of sp³-hybridized carbons (Fsp3) is 0.500. The van der Waals surface area contributed by atoms with Crippen molar-refractivity contribution in [3.8, 4) is 5.75 Å². The molecule has 0 spiro atoms. The first kappa shape index (κ1) is 26.6. The molecule has 0 atom stereocenters. The molecule has 0 saturated heterocycles. The number of anilines is 1. The number of methoxy groups -OCH3 is 1. The van der Waals surface area contributed by atoms with Crippen LogP contribution < -0.4 is 15.8 Å². The number of hydrogen-bond acceptors (Lipinski definition) is 4. The number of amides is 1. The van der Waals surface area contributed by atoms with E-state index < -0.39 is 0 Å². The Morgan fingerprint density at radius 3 is 2.33 bits per heavy atom. The Hall–Kier alpha value is -2.66. The average molecular weight is 453 g/mol. The van der Waals surface area contributed by atoms with Crippen molar-refractivity contribution < 1.29 is 14.3 Å². The van der Waals surface area contributed by atoms with E-state index in [-0.39, 0.29) is 17.6 Å². The Bertz CT molecular complexity index is 931. The van der Waals surface area contributed by atoms with Crippen LogP contribution in [-0.2, 0) is 17.8 Å². The molecule has 1 aliphatic carbocycles. The molecule has 0 unspecified atom stereocenters. The Kier molecular flexibility index (Phi) is 10.6. The summed E-state index contributed by atoms with van der Waals surface area (Å²) in [4.78, 5) is 23.5. The third-order valence-corrected chi connectivity index (χ3v) is 6.70. The van der Waals surface area contributed by atoms with E-state index in [0.29, 0.717) is 6.54 Å².